The van der Waals surface area contributed by atoms with E-state index in [1.807, 2.05) is 0 Å². The van der Waals surface area contributed by atoms with Crippen LogP contribution in [-0.4, -0.2) is 36.6 Å². The van der Waals surface area contributed by atoms with E-state index in [4.69, 9.17) is 0 Å². The lowest BCUT2D eigenvalue weighted by molar-refractivity contribution is 0.0648. The summed E-state index contributed by atoms with van der Waals surface area (Å²) >= 11 is 0. The Balaban J connectivity index is 1.98. The highest BCUT2D eigenvalue weighted by Gasteiger charge is 2.37. The topological polar surface area (TPSA) is 15.3 Å². The van der Waals surface area contributed by atoms with E-state index in [1.54, 1.807) is 0 Å². The Bertz CT molecular complexity index is 288. The summed E-state index contributed by atoms with van der Waals surface area (Å²) in [4.78, 5) is 2.76. The molecule has 0 aromatic heterocycles. The number of nitrogens with zero attached hydrogens (tertiary/aromatic N) is 1. The van der Waals surface area contributed by atoms with Gasteiger partial charge in [0, 0.05) is 18.6 Å². The highest BCUT2D eigenvalue weighted by Crippen LogP contribution is 2.40. The van der Waals surface area contributed by atoms with Gasteiger partial charge in [0.05, 0.1) is 0 Å². The van der Waals surface area contributed by atoms with Crippen LogP contribution in [0.2, 0.25) is 0 Å². The van der Waals surface area contributed by atoms with Gasteiger partial charge in [0.15, 0.2) is 0 Å². The minimum Gasteiger partial charge on any atom is -0.311 e. The monoisotopic (exact) mass is 280 g/mol. The van der Waals surface area contributed by atoms with Gasteiger partial charge in [-0.2, -0.15) is 0 Å². The van der Waals surface area contributed by atoms with E-state index in [9.17, 15) is 0 Å². The second kappa shape index (κ2) is 6.79. The molecule has 0 bridgehead atoms. The highest BCUT2D eigenvalue weighted by atomic mass is 15.1. The summed E-state index contributed by atoms with van der Waals surface area (Å²) in [6, 6.07) is 0. The van der Waals surface area contributed by atoms with Gasteiger partial charge in [-0.05, 0) is 70.9 Å². The highest BCUT2D eigenvalue weighted by molar-refractivity contribution is 4.92. The van der Waals surface area contributed by atoms with Gasteiger partial charge in [0.25, 0.3) is 0 Å². The maximum Gasteiger partial charge on any atom is 0.00967 e. The first-order valence-electron chi connectivity index (χ1n) is 8.86. The van der Waals surface area contributed by atoms with Crippen molar-refractivity contribution in [2.75, 3.05) is 26.2 Å². The average molecular weight is 280 g/mol. The van der Waals surface area contributed by atoms with Crippen LogP contribution in [0.4, 0.5) is 0 Å². The molecular formula is C18H36N2. The van der Waals surface area contributed by atoms with E-state index in [0.717, 1.165) is 5.92 Å². The van der Waals surface area contributed by atoms with Gasteiger partial charge < -0.3 is 10.2 Å². The number of piperidine rings is 1. The second-order valence-corrected chi connectivity index (χ2v) is 8.64. The fourth-order valence-electron chi connectivity index (χ4n) is 4.17. The van der Waals surface area contributed by atoms with Gasteiger partial charge in [-0.1, -0.05) is 26.2 Å². The van der Waals surface area contributed by atoms with Crippen molar-refractivity contribution in [1.82, 2.24) is 10.2 Å². The van der Waals surface area contributed by atoms with E-state index in [0.29, 0.717) is 5.41 Å². The van der Waals surface area contributed by atoms with E-state index in [1.165, 1.54) is 71.1 Å². The summed E-state index contributed by atoms with van der Waals surface area (Å²) in [6.45, 7) is 14.6. The molecule has 1 saturated carbocycles. The van der Waals surface area contributed by atoms with Crippen molar-refractivity contribution in [3.05, 3.63) is 0 Å². The molecule has 0 radical (unpaired) electrons. The SMILES string of the molecule is CC1CCCC(CNC(C)(C)C)(CN2CCCCC2)C1. The van der Waals surface area contributed by atoms with Crippen LogP contribution in [0.1, 0.15) is 72.6 Å². The molecule has 1 heterocycles. The van der Waals surface area contributed by atoms with Crippen LogP contribution < -0.4 is 5.32 Å². The van der Waals surface area contributed by atoms with Crippen LogP contribution in [0.3, 0.4) is 0 Å². The predicted octanol–water partition coefficient (Wildman–Crippen LogP) is 4.06. The number of hydrogen-bond donors (Lipinski definition) is 1. The summed E-state index contributed by atoms with van der Waals surface area (Å²) < 4.78 is 0. The molecule has 2 heteroatoms. The lowest BCUT2D eigenvalue weighted by Gasteiger charge is -2.45. The molecule has 0 amide bonds. The summed E-state index contributed by atoms with van der Waals surface area (Å²) in [5.41, 5.74) is 0.776. The Labute approximate surface area is 126 Å². The van der Waals surface area contributed by atoms with Crippen molar-refractivity contribution < 1.29 is 0 Å². The van der Waals surface area contributed by atoms with Crippen molar-refractivity contribution in [3.63, 3.8) is 0 Å². The molecule has 0 aromatic carbocycles. The van der Waals surface area contributed by atoms with Crippen molar-refractivity contribution in [1.29, 1.82) is 0 Å². The van der Waals surface area contributed by atoms with Crippen LogP contribution in [0.25, 0.3) is 0 Å². The van der Waals surface area contributed by atoms with E-state index < -0.39 is 0 Å². The number of hydrogen-bond acceptors (Lipinski definition) is 2. The zero-order valence-corrected chi connectivity index (χ0v) is 14.3. The Morgan fingerprint density at radius 1 is 1.10 bits per heavy atom. The minimum absolute atomic E-state index is 0.246. The largest absolute Gasteiger partial charge is 0.311 e. The smallest absolute Gasteiger partial charge is 0.00967 e. The van der Waals surface area contributed by atoms with E-state index in [2.05, 4.69) is 37.9 Å². The fourth-order valence-corrected chi connectivity index (χ4v) is 4.17. The Hall–Kier alpha value is -0.0800. The van der Waals surface area contributed by atoms with Gasteiger partial charge >= 0.3 is 0 Å². The normalized spacial score (nSPS) is 33.3. The maximum absolute atomic E-state index is 3.82. The van der Waals surface area contributed by atoms with Gasteiger partial charge in [0.1, 0.15) is 0 Å². The molecule has 2 aliphatic rings. The first kappa shape index (κ1) is 16.3. The summed E-state index contributed by atoms with van der Waals surface area (Å²) in [6.07, 6.45) is 10.00. The molecule has 118 valence electrons. The third-order valence-electron chi connectivity index (χ3n) is 5.19. The van der Waals surface area contributed by atoms with Crippen LogP contribution in [0, 0.1) is 11.3 Å². The molecule has 1 saturated heterocycles. The molecule has 2 atom stereocenters. The van der Waals surface area contributed by atoms with Crippen molar-refractivity contribution in [2.45, 2.75) is 78.2 Å². The van der Waals surface area contributed by atoms with Gasteiger partial charge in [-0.15, -0.1) is 0 Å². The molecule has 2 unspecified atom stereocenters. The van der Waals surface area contributed by atoms with Gasteiger partial charge in [-0.3, -0.25) is 0 Å². The summed E-state index contributed by atoms with van der Waals surface area (Å²) in [5, 5.41) is 3.82. The zero-order valence-electron chi connectivity index (χ0n) is 14.3. The van der Waals surface area contributed by atoms with Crippen molar-refractivity contribution >= 4 is 0 Å². The third kappa shape index (κ3) is 5.04. The lowest BCUT2D eigenvalue weighted by Crippen LogP contribution is -2.51. The van der Waals surface area contributed by atoms with Crippen LogP contribution in [0.5, 0.6) is 0 Å². The summed E-state index contributed by atoms with van der Waals surface area (Å²) in [5.74, 6) is 0.912. The molecule has 2 rings (SSSR count). The number of likely N-dealkylation sites (tertiary alicyclic amines) is 1. The van der Waals surface area contributed by atoms with Gasteiger partial charge in [-0.25, -0.2) is 0 Å². The van der Waals surface area contributed by atoms with Gasteiger partial charge in [0.2, 0.25) is 0 Å². The second-order valence-electron chi connectivity index (χ2n) is 8.64. The maximum atomic E-state index is 3.82. The molecule has 2 fully saturated rings. The molecule has 1 aliphatic carbocycles. The standard InChI is InChI=1S/C18H36N2/c1-16-9-8-10-18(13-16,14-19-17(2,3)4)15-20-11-6-5-7-12-20/h16,19H,5-15H2,1-4H3. The van der Waals surface area contributed by atoms with E-state index in [-0.39, 0.29) is 5.54 Å². The zero-order chi connectivity index (χ0) is 14.6. The Morgan fingerprint density at radius 3 is 2.40 bits per heavy atom. The van der Waals surface area contributed by atoms with Crippen molar-refractivity contribution in [3.8, 4) is 0 Å². The molecule has 0 aromatic rings. The molecule has 0 spiro atoms. The van der Waals surface area contributed by atoms with Crippen molar-refractivity contribution in [2.24, 2.45) is 11.3 Å². The Kier molecular flexibility index (Phi) is 5.53. The molecular weight excluding hydrogens is 244 g/mol. The third-order valence-corrected chi connectivity index (χ3v) is 5.19. The molecule has 20 heavy (non-hydrogen) atoms. The predicted molar refractivity (Wildman–Crippen MR) is 88.1 cm³/mol. The summed E-state index contributed by atoms with van der Waals surface area (Å²) in [7, 11) is 0. The quantitative estimate of drug-likeness (QED) is 0.835. The van der Waals surface area contributed by atoms with Crippen LogP contribution >= 0.6 is 0 Å². The van der Waals surface area contributed by atoms with E-state index >= 15 is 0 Å². The lowest BCUT2D eigenvalue weighted by atomic mass is 9.69. The minimum atomic E-state index is 0.246. The molecule has 1 N–H and O–H groups in total. The van der Waals surface area contributed by atoms with Crippen LogP contribution in [-0.2, 0) is 0 Å². The fraction of sp³-hybridized carbons (Fsp3) is 1.00. The first-order chi connectivity index (χ1) is 9.39. The number of rotatable bonds is 4. The average Bonchev–Trinajstić information content (AvgIpc) is 2.37. The van der Waals surface area contributed by atoms with Crippen LogP contribution in [0.15, 0.2) is 0 Å². The Morgan fingerprint density at radius 2 is 1.80 bits per heavy atom. The molecule has 2 nitrogen and oxygen atoms in total. The number of nitrogens with one attached hydrogen (secondary N) is 1. The molecule has 1 aliphatic heterocycles. The first-order valence-corrected chi connectivity index (χ1v) is 8.86.